The first-order chi connectivity index (χ1) is 13.1. The van der Waals surface area contributed by atoms with E-state index in [4.69, 9.17) is 4.74 Å². The van der Waals surface area contributed by atoms with Crippen LogP contribution in [0.2, 0.25) is 0 Å². The SMILES string of the molecule is C/C=C/C(C)C(/C=C/CCC)CCNC/C=C(/C=C\C(C=NC)=NC)OC. The van der Waals surface area contributed by atoms with Crippen molar-refractivity contribution in [2.75, 3.05) is 34.3 Å². The van der Waals surface area contributed by atoms with Crippen LogP contribution >= 0.6 is 0 Å². The van der Waals surface area contributed by atoms with Crippen molar-refractivity contribution in [2.24, 2.45) is 21.8 Å². The Kier molecular flexibility index (Phi) is 16.2. The fraction of sp³-hybridized carbons (Fsp3) is 0.565. The smallest absolute Gasteiger partial charge is 0.116 e. The summed E-state index contributed by atoms with van der Waals surface area (Å²) in [6, 6.07) is 0. The van der Waals surface area contributed by atoms with Crippen molar-refractivity contribution in [3.63, 3.8) is 0 Å². The lowest BCUT2D eigenvalue weighted by Gasteiger charge is -2.18. The number of nitrogens with zero attached hydrogens (tertiary/aromatic N) is 2. The number of rotatable bonds is 14. The van der Waals surface area contributed by atoms with Crippen LogP contribution in [0, 0.1) is 11.8 Å². The molecule has 0 fully saturated rings. The average molecular weight is 374 g/mol. The summed E-state index contributed by atoms with van der Waals surface area (Å²) in [4.78, 5) is 8.12. The number of aliphatic imine (C=N–C) groups is 2. The van der Waals surface area contributed by atoms with Gasteiger partial charge < -0.3 is 10.1 Å². The summed E-state index contributed by atoms with van der Waals surface area (Å²) >= 11 is 0. The zero-order valence-electron chi connectivity index (χ0n) is 18.1. The Morgan fingerprint density at radius 2 is 1.96 bits per heavy atom. The molecule has 0 saturated carbocycles. The Bertz CT molecular complexity index is 542. The van der Waals surface area contributed by atoms with Gasteiger partial charge in [0.25, 0.3) is 0 Å². The van der Waals surface area contributed by atoms with Crippen molar-refractivity contribution in [3.8, 4) is 0 Å². The third-order valence-electron chi connectivity index (χ3n) is 4.29. The molecule has 0 radical (unpaired) electrons. The number of ether oxygens (including phenoxy) is 1. The largest absolute Gasteiger partial charge is 0.497 e. The average Bonchev–Trinajstić information content (AvgIpc) is 2.67. The van der Waals surface area contributed by atoms with Gasteiger partial charge in [-0.1, -0.05) is 44.6 Å². The van der Waals surface area contributed by atoms with Crippen molar-refractivity contribution >= 4 is 11.9 Å². The van der Waals surface area contributed by atoms with Crippen LogP contribution < -0.4 is 5.32 Å². The molecule has 152 valence electrons. The van der Waals surface area contributed by atoms with Crippen molar-refractivity contribution in [1.82, 2.24) is 5.32 Å². The normalized spacial score (nSPS) is 16.2. The van der Waals surface area contributed by atoms with Gasteiger partial charge in [-0.05, 0) is 56.4 Å². The molecule has 0 aliphatic carbocycles. The predicted molar refractivity (Wildman–Crippen MR) is 121 cm³/mol. The molecule has 0 saturated heterocycles. The summed E-state index contributed by atoms with van der Waals surface area (Å²) in [7, 11) is 5.16. The summed E-state index contributed by atoms with van der Waals surface area (Å²) in [5.41, 5.74) is 0.813. The first kappa shape index (κ1) is 25.1. The lowest BCUT2D eigenvalue weighted by molar-refractivity contribution is 0.305. The third-order valence-corrected chi connectivity index (χ3v) is 4.29. The highest BCUT2D eigenvalue weighted by molar-refractivity contribution is 6.35. The molecule has 0 aliphatic rings. The van der Waals surface area contributed by atoms with Crippen LogP contribution in [-0.4, -0.2) is 46.2 Å². The van der Waals surface area contributed by atoms with Crippen LogP contribution in [0.25, 0.3) is 0 Å². The molecule has 2 atom stereocenters. The van der Waals surface area contributed by atoms with Crippen LogP contribution in [-0.2, 0) is 4.74 Å². The highest BCUT2D eigenvalue weighted by Crippen LogP contribution is 2.19. The quantitative estimate of drug-likeness (QED) is 0.153. The molecule has 27 heavy (non-hydrogen) atoms. The minimum Gasteiger partial charge on any atom is -0.497 e. The molecular formula is C23H39N3O. The van der Waals surface area contributed by atoms with Crippen LogP contribution in [0.1, 0.15) is 40.0 Å². The topological polar surface area (TPSA) is 46.0 Å². The van der Waals surface area contributed by atoms with Crippen LogP contribution in [0.5, 0.6) is 0 Å². The predicted octanol–water partition coefficient (Wildman–Crippen LogP) is 5.01. The molecule has 0 bridgehead atoms. The fourth-order valence-electron chi connectivity index (χ4n) is 2.66. The molecule has 4 nitrogen and oxygen atoms in total. The Balaban J connectivity index is 4.54. The molecule has 0 rings (SSSR count). The Morgan fingerprint density at radius 1 is 1.19 bits per heavy atom. The summed E-state index contributed by atoms with van der Waals surface area (Å²) in [6.45, 7) is 8.35. The minimum atomic E-state index is 0.560. The van der Waals surface area contributed by atoms with Gasteiger partial charge in [0.1, 0.15) is 5.76 Å². The van der Waals surface area contributed by atoms with Gasteiger partial charge in [-0.3, -0.25) is 9.98 Å². The maximum atomic E-state index is 5.40. The summed E-state index contributed by atoms with van der Waals surface area (Å²) in [5, 5.41) is 3.49. The molecule has 0 aromatic rings. The van der Waals surface area contributed by atoms with Gasteiger partial charge in [-0.2, -0.15) is 0 Å². The Hall–Kier alpha value is -1.94. The number of unbranched alkanes of at least 4 members (excludes halogenated alkanes) is 1. The second-order valence-corrected chi connectivity index (χ2v) is 6.44. The lowest BCUT2D eigenvalue weighted by Crippen LogP contribution is -2.20. The first-order valence-electron chi connectivity index (χ1n) is 9.94. The van der Waals surface area contributed by atoms with E-state index in [2.05, 4.69) is 60.4 Å². The van der Waals surface area contributed by atoms with Gasteiger partial charge in [0, 0.05) is 26.9 Å². The van der Waals surface area contributed by atoms with E-state index in [0.717, 1.165) is 37.4 Å². The lowest BCUT2D eigenvalue weighted by atomic mass is 9.90. The summed E-state index contributed by atoms with van der Waals surface area (Å²) in [6.07, 6.45) is 20.2. The number of methoxy groups -OCH3 is 1. The molecular weight excluding hydrogens is 334 g/mol. The molecule has 0 aromatic carbocycles. The number of hydrogen-bond donors (Lipinski definition) is 1. The Morgan fingerprint density at radius 3 is 2.56 bits per heavy atom. The maximum Gasteiger partial charge on any atom is 0.116 e. The van der Waals surface area contributed by atoms with Gasteiger partial charge in [-0.15, -0.1) is 0 Å². The van der Waals surface area contributed by atoms with Crippen molar-refractivity contribution in [2.45, 2.75) is 40.0 Å². The van der Waals surface area contributed by atoms with E-state index in [1.165, 1.54) is 6.42 Å². The molecule has 2 unspecified atom stereocenters. The fourth-order valence-corrected chi connectivity index (χ4v) is 2.66. The number of allylic oxidation sites excluding steroid dienone is 6. The molecule has 0 aliphatic heterocycles. The van der Waals surface area contributed by atoms with E-state index in [9.17, 15) is 0 Å². The number of nitrogens with one attached hydrogen (secondary N) is 1. The van der Waals surface area contributed by atoms with Crippen LogP contribution in [0.15, 0.2) is 58.3 Å². The van der Waals surface area contributed by atoms with E-state index in [1.807, 2.05) is 18.2 Å². The van der Waals surface area contributed by atoms with E-state index in [-0.39, 0.29) is 0 Å². The molecule has 4 heteroatoms. The van der Waals surface area contributed by atoms with Crippen molar-refractivity contribution in [3.05, 3.63) is 48.3 Å². The van der Waals surface area contributed by atoms with Crippen LogP contribution in [0.4, 0.5) is 0 Å². The third kappa shape index (κ3) is 13.0. The highest BCUT2D eigenvalue weighted by Gasteiger charge is 2.10. The molecule has 0 heterocycles. The molecule has 0 spiro atoms. The Labute approximate surface area is 166 Å². The zero-order chi connectivity index (χ0) is 20.3. The van der Waals surface area contributed by atoms with Gasteiger partial charge in [0.15, 0.2) is 0 Å². The highest BCUT2D eigenvalue weighted by atomic mass is 16.5. The van der Waals surface area contributed by atoms with Gasteiger partial charge >= 0.3 is 0 Å². The standard InChI is InChI=1S/C23H39N3O/c1-7-9-10-12-21(20(3)11-8-2)15-17-26-18-16-23(27-6)14-13-22(25-5)19-24-4/h8,10-14,16,19-21,26H,7,9,15,17-18H2,1-6H3/b11-8+,12-10+,14-13-,23-16-,24-19?,25-22?. The van der Waals surface area contributed by atoms with E-state index in [1.54, 1.807) is 27.4 Å². The van der Waals surface area contributed by atoms with Crippen molar-refractivity contribution < 1.29 is 4.74 Å². The molecule has 0 aromatic heterocycles. The van der Waals surface area contributed by atoms with E-state index < -0.39 is 0 Å². The second-order valence-electron chi connectivity index (χ2n) is 6.44. The maximum absolute atomic E-state index is 5.40. The van der Waals surface area contributed by atoms with Crippen molar-refractivity contribution in [1.29, 1.82) is 0 Å². The van der Waals surface area contributed by atoms with Gasteiger partial charge in [0.2, 0.25) is 0 Å². The van der Waals surface area contributed by atoms with Gasteiger partial charge in [-0.25, -0.2) is 0 Å². The second kappa shape index (κ2) is 17.5. The summed E-state index contributed by atoms with van der Waals surface area (Å²) < 4.78 is 5.40. The molecule has 1 N–H and O–H groups in total. The zero-order valence-corrected chi connectivity index (χ0v) is 18.1. The number of hydrogen-bond acceptors (Lipinski definition) is 4. The summed E-state index contributed by atoms with van der Waals surface area (Å²) in [5.74, 6) is 1.95. The van der Waals surface area contributed by atoms with E-state index >= 15 is 0 Å². The van der Waals surface area contributed by atoms with E-state index in [0.29, 0.717) is 11.8 Å². The van der Waals surface area contributed by atoms with Gasteiger partial charge in [0.05, 0.1) is 12.8 Å². The monoisotopic (exact) mass is 373 g/mol. The first-order valence-corrected chi connectivity index (χ1v) is 9.94. The minimum absolute atomic E-state index is 0.560. The van der Waals surface area contributed by atoms with Crippen LogP contribution in [0.3, 0.4) is 0 Å². The molecule has 0 amide bonds.